The SMILES string of the molecule is Nc1c(NCCC2=CCCCC2)ncnc1NCCc1ccccc1. The van der Waals surface area contributed by atoms with Gasteiger partial charge in [0.1, 0.15) is 12.0 Å². The molecule has 0 amide bonds. The molecule has 0 saturated carbocycles. The Morgan fingerprint density at radius 3 is 2.32 bits per heavy atom. The Morgan fingerprint density at radius 2 is 1.64 bits per heavy atom. The minimum absolute atomic E-state index is 0.591. The summed E-state index contributed by atoms with van der Waals surface area (Å²) in [5.74, 6) is 1.42. The Morgan fingerprint density at radius 1 is 0.920 bits per heavy atom. The van der Waals surface area contributed by atoms with Crippen molar-refractivity contribution in [1.29, 1.82) is 0 Å². The first kappa shape index (κ1) is 17.3. The van der Waals surface area contributed by atoms with Crippen LogP contribution in [0.1, 0.15) is 37.7 Å². The predicted octanol–water partition coefficient (Wildman–Crippen LogP) is 4.02. The summed E-state index contributed by atoms with van der Waals surface area (Å²) < 4.78 is 0. The van der Waals surface area contributed by atoms with Crippen LogP contribution in [0.5, 0.6) is 0 Å². The molecule has 132 valence electrons. The highest BCUT2D eigenvalue weighted by atomic mass is 15.1. The Balaban J connectivity index is 1.49. The van der Waals surface area contributed by atoms with Gasteiger partial charge in [-0.2, -0.15) is 0 Å². The first-order valence-corrected chi connectivity index (χ1v) is 9.13. The molecule has 0 bridgehead atoms. The quantitative estimate of drug-likeness (QED) is 0.634. The zero-order valence-corrected chi connectivity index (χ0v) is 14.7. The Kier molecular flexibility index (Phi) is 6.26. The largest absolute Gasteiger partial charge is 0.393 e. The van der Waals surface area contributed by atoms with E-state index in [2.05, 4.69) is 50.9 Å². The lowest BCUT2D eigenvalue weighted by Gasteiger charge is -2.15. The standard InChI is InChI=1S/C20H27N5/c21-18-19(22-13-11-16-7-3-1-4-8-16)24-15-25-20(18)23-14-12-17-9-5-2-6-10-17/h1,3-4,7-9,15H,2,5-6,10-14,21H2,(H2,22,23,24,25). The van der Waals surface area contributed by atoms with E-state index in [1.54, 1.807) is 11.9 Å². The van der Waals surface area contributed by atoms with Crippen LogP contribution in [0.15, 0.2) is 48.3 Å². The number of benzene rings is 1. The highest BCUT2D eigenvalue weighted by Crippen LogP contribution is 2.24. The molecule has 1 heterocycles. The summed E-state index contributed by atoms with van der Waals surface area (Å²) in [4.78, 5) is 8.55. The molecule has 1 aliphatic rings. The Hall–Kier alpha value is -2.56. The van der Waals surface area contributed by atoms with Gasteiger partial charge >= 0.3 is 0 Å². The summed E-state index contributed by atoms with van der Waals surface area (Å²) in [5.41, 5.74) is 9.65. The van der Waals surface area contributed by atoms with E-state index in [-0.39, 0.29) is 0 Å². The lowest BCUT2D eigenvalue weighted by molar-refractivity contribution is 0.679. The molecular formula is C20H27N5. The lowest BCUT2D eigenvalue weighted by atomic mass is 9.97. The van der Waals surface area contributed by atoms with Gasteiger partial charge in [0, 0.05) is 13.1 Å². The van der Waals surface area contributed by atoms with Gasteiger partial charge in [0.05, 0.1) is 0 Å². The molecule has 1 aromatic carbocycles. The number of hydrogen-bond acceptors (Lipinski definition) is 5. The van der Waals surface area contributed by atoms with Crippen LogP contribution in [-0.2, 0) is 6.42 Å². The minimum atomic E-state index is 0.591. The fourth-order valence-corrected chi connectivity index (χ4v) is 3.12. The van der Waals surface area contributed by atoms with Crippen molar-refractivity contribution in [3.05, 3.63) is 53.9 Å². The molecule has 1 aliphatic carbocycles. The van der Waals surface area contributed by atoms with Gasteiger partial charge < -0.3 is 16.4 Å². The summed E-state index contributed by atoms with van der Waals surface area (Å²) in [6, 6.07) is 10.4. The van der Waals surface area contributed by atoms with Crippen molar-refractivity contribution in [1.82, 2.24) is 9.97 Å². The van der Waals surface area contributed by atoms with Gasteiger partial charge in [-0.15, -0.1) is 0 Å². The molecule has 0 atom stereocenters. The van der Waals surface area contributed by atoms with Crippen LogP contribution >= 0.6 is 0 Å². The minimum Gasteiger partial charge on any atom is -0.393 e. The van der Waals surface area contributed by atoms with Crippen molar-refractivity contribution < 1.29 is 0 Å². The second kappa shape index (κ2) is 9.06. The van der Waals surface area contributed by atoms with Crippen LogP contribution in [0.3, 0.4) is 0 Å². The van der Waals surface area contributed by atoms with Crippen LogP contribution in [0.2, 0.25) is 0 Å². The number of nitrogen functional groups attached to an aromatic ring is 1. The molecule has 25 heavy (non-hydrogen) atoms. The third-order valence-electron chi connectivity index (χ3n) is 4.56. The molecule has 1 aromatic heterocycles. The average molecular weight is 337 g/mol. The fraction of sp³-hybridized carbons (Fsp3) is 0.400. The molecule has 0 radical (unpaired) electrons. The number of nitrogens with one attached hydrogen (secondary N) is 2. The van der Waals surface area contributed by atoms with Gasteiger partial charge in [-0.05, 0) is 44.1 Å². The molecule has 0 saturated heterocycles. The number of anilines is 3. The summed E-state index contributed by atoms with van der Waals surface area (Å²) >= 11 is 0. The van der Waals surface area contributed by atoms with Gasteiger partial charge in [0.15, 0.2) is 11.6 Å². The van der Waals surface area contributed by atoms with E-state index in [9.17, 15) is 0 Å². The normalized spacial score (nSPS) is 14.0. The van der Waals surface area contributed by atoms with E-state index in [1.807, 2.05) is 6.07 Å². The van der Waals surface area contributed by atoms with Gasteiger partial charge in [-0.3, -0.25) is 0 Å². The summed E-state index contributed by atoms with van der Waals surface area (Å²) in [7, 11) is 0. The first-order chi connectivity index (χ1) is 12.3. The number of hydrogen-bond donors (Lipinski definition) is 3. The zero-order chi connectivity index (χ0) is 17.3. The van der Waals surface area contributed by atoms with E-state index >= 15 is 0 Å². The highest BCUT2D eigenvalue weighted by molar-refractivity contribution is 5.73. The summed E-state index contributed by atoms with van der Waals surface area (Å²) in [6.07, 6.45) is 11.0. The Bertz CT molecular complexity index is 696. The van der Waals surface area contributed by atoms with E-state index in [4.69, 9.17) is 5.73 Å². The van der Waals surface area contributed by atoms with Crippen LogP contribution in [0, 0.1) is 0 Å². The summed E-state index contributed by atoms with van der Waals surface area (Å²) in [5, 5.41) is 6.67. The third-order valence-corrected chi connectivity index (χ3v) is 4.56. The number of allylic oxidation sites excluding steroid dienone is 1. The van der Waals surface area contributed by atoms with E-state index in [0.717, 1.165) is 25.9 Å². The second-order valence-electron chi connectivity index (χ2n) is 6.43. The fourth-order valence-electron chi connectivity index (χ4n) is 3.12. The van der Waals surface area contributed by atoms with Crippen molar-refractivity contribution in [3.63, 3.8) is 0 Å². The lowest BCUT2D eigenvalue weighted by Crippen LogP contribution is -2.12. The summed E-state index contributed by atoms with van der Waals surface area (Å²) in [6.45, 7) is 1.65. The van der Waals surface area contributed by atoms with Crippen molar-refractivity contribution >= 4 is 17.3 Å². The highest BCUT2D eigenvalue weighted by Gasteiger charge is 2.08. The molecule has 0 unspecified atom stereocenters. The molecule has 5 heteroatoms. The molecule has 3 rings (SSSR count). The van der Waals surface area contributed by atoms with Gasteiger partial charge in [0.2, 0.25) is 0 Å². The number of rotatable bonds is 8. The predicted molar refractivity (Wildman–Crippen MR) is 105 cm³/mol. The molecular weight excluding hydrogens is 310 g/mol. The van der Waals surface area contributed by atoms with Crippen molar-refractivity contribution in [2.75, 3.05) is 29.5 Å². The van der Waals surface area contributed by atoms with E-state index in [1.165, 1.54) is 31.2 Å². The van der Waals surface area contributed by atoms with E-state index < -0.39 is 0 Å². The van der Waals surface area contributed by atoms with Crippen molar-refractivity contribution in [2.24, 2.45) is 0 Å². The maximum atomic E-state index is 6.22. The van der Waals surface area contributed by atoms with E-state index in [0.29, 0.717) is 17.3 Å². The van der Waals surface area contributed by atoms with Gasteiger partial charge in [0.25, 0.3) is 0 Å². The molecule has 0 fully saturated rings. The number of aromatic nitrogens is 2. The maximum Gasteiger partial charge on any atom is 0.154 e. The van der Waals surface area contributed by atoms with Crippen LogP contribution in [0.4, 0.5) is 17.3 Å². The third kappa shape index (κ3) is 5.21. The van der Waals surface area contributed by atoms with Crippen LogP contribution in [-0.4, -0.2) is 23.1 Å². The molecule has 0 spiro atoms. The first-order valence-electron chi connectivity index (χ1n) is 9.13. The van der Waals surface area contributed by atoms with Crippen molar-refractivity contribution in [3.8, 4) is 0 Å². The number of nitrogens with two attached hydrogens (primary N) is 1. The smallest absolute Gasteiger partial charge is 0.154 e. The number of nitrogens with zero attached hydrogens (tertiary/aromatic N) is 2. The Labute approximate surface area is 149 Å². The van der Waals surface area contributed by atoms with Crippen molar-refractivity contribution in [2.45, 2.75) is 38.5 Å². The average Bonchev–Trinajstić information content (AvgIpc) is 2.66. The molecule has 2 aromatic rings. The second-order valence-corrected chi connectivity index (χ2v) is 6.43. The van der Waals surface area contributed by atoms with Gasteiger partial charge in [-0.1, -0.05) is 42.0 Å². The molecule has 0 aliphatic heterocycles. The van der Waals surface area contributed by atoms with Gasteiger partial charge in [-0.25, -0.2) is 9.97 Å². The monoisotopic (exact) mass is 337 g/mol. The zero-order valence-electron chi connectivity index (χ0n) is 14.7. The maximum absolute atomic E-state index is 6.22. The van der Waals surface area contributed by atoms with Crippen LogP contribution < -0.4 is 16.4 Å². The molecule has 4 N–H and O–H groups in total. The molecule has 5 nitrogen and oxygen atoms in total. The van der Waals surface area contributed by atoms with Crippen LogP contribution in [0.25, 0.3) is 0 Å². The topological polar surface area (TPSA) is 75.9 Å².